The Hall–Kier alpha value is -2.43. The quantitative estimate of drug-likeness (QED) is 0.723. The first-order valence-electron chi connectivity index (χ1n) is 8.26. The number of alkyl halides is 3. The average Bonchev–Trinajstić information content (AvgIpc) is 2.72. The second kappa shape index (κ2) is 6.47. The molecule has 2 aromatic rings. The van der Waals surface area contributed by atoms with Crippen LogP contribution in [0.15, 0.2) is 36.4 Å². The third-order valence-electron chi connectivity index (χ3n) is 4.64. The number of phenols is 2. The lowest BCUT2D eigenvalue weighted by molar-refractivity contribution is -0.137. The van der Waals surface area contributed by atoms with Gasteiger partial charge in [-0.1, -0.05) is 19.1 Å². The van der Waals surface area contributed by atoms with Crippen LogP contribution in [0, 0.1) is 0 Å². The Morgan fingerprint density at radius 1 is 0.920 bits per heavy atom. The zero-order valence-corrected chi connectivity index (χ0v) is 13.8. The van der Waals surface area contributed by atoms with Crippen molar-refractivity contribution in [2.75, 3.05) is 0 Å². The number of hydrogen-bond donors (Lipinski definition) is 2. The lowest BCUT2D eigenvalue weighted by Gasteiger charge is -2.19. The van der Waals surface area contributed by atoms with Gasteiger partial charge in [-0.3, -0.25) is 0 Å². The maximum atomic E-state index is 13.5. The predicted molar refractivity (Wildman–Crippen MR) is 91.3 cm³/mol. The molecule has 0 aliphatic heterocycles. The molecule has 5 heteroatoms. The van der Waals surface area contributed by atoms with E-state index in [4.69, 9.17) is 0 Å². The Kier molecular flexibility index (Phi) is 4.50. The number of phenolic OH excluding ortho intramolecular Hbond substituents is 2. The summed E-state index contributed by atoms with van der Waals surface area (Å²) < 4.78 is 40.5. The van der Waals surface area contributed by atoms with Crippen LogP contribution in [0.4, 0.5) is 13.2 Å². The van der Waals surface area contributed by atoms with Crippen molar-refractivity contribution in [2.24, 2.45) is 0 Å². The highest BCUT2D eigenvalue weighted by atomic mass is 19.4. The van der Waals surface area contributed by atoms with Gasteiger partial charge in [-0.05, 0) is 77.8 Å². The van der Waals surface area contributed by atoms with Crippen LogP contribution in [0.2, 0.25) is 0 Å². The van der Waals surface area contributed by atoms with E-state index in [9.17, 15) is 23.4 Å². The van der Waals surface area contributed by atoms with E-state index in [0.29, 0.717) is 31.3 Å². The van der Waals surface area contributed by atoms with E-state index in [2.05, 4.69) is 0 Å². The summed E-state index contributed by atoms with van der Waals surface area (Å²) in [6, 6.07) is 8.48. The molecule has 0 unspecified atom stereocenters. The molecule has 3 rings (SSSR count). The maximum absolute atomic E-state index is 13.5. The van der Waals surface area contributed by atoms with Gasteiger partial charge in [0.05, 0.1) is 5.56 Å². The molecule has 0 saturated heterocycles. The van der Waals surface area contributed by atoms with Crippen LogP contribution < -0.4 is 0 Å². The highest BCUT2D eigenvalue weighted by molar-refractivity contribution is 5.93. The van der Waals surface area contributed by atoms with Gasteiger partial charge in [-0.2, -0.15) is 13.2 Å². The molecule has 0 aromatic heterocycles. The van der Waals surface area contributed by atoms with Gasteiger partial charge in [0.15, 0.2) is 0 Å². The van der Waals surface area contributed by atoms with Crippen LogP contribution in [0.25, 0.3) is 11.1 Å². The largest absolute Gasteiger partial charge is 0.508 e. The van der Waals surface area contributed by atoms with Gasteiger partial charge in [0, 0.05) is 0 Å². The number of benzene rings is 2. The van der Waals surface area contributed by atoms with Crippen molar-refractivity contribution >= 4 is 11.1 Å². The Labute approximate surface area is 144 Å². The fourth-order valence-electron chi connectivity index (χ4n) is 3.58. The van der Waals surface area contributed by atoms with E-state index in [-0.39, 0.29) is 11.3 Å². The summed E-state index contributed by atoms with van der Waals surface area (Å²) in [5, 5.41) is 19.2. The molecule has 25 heavy (non-hydrogen) atoms. The van der Waals surface area contributed by atoms with E-state index in [1.54, 1.807) is 18.2 Å². The normalized spacial score (nSPS) is 15.0. The standard InChI is InChI=1S/C20H19F3O2/c1-2-15-16-8-6-13(24)10-12(16)4-3-5-17(15)18-9-7-14(25)11-19(18)20(21,22)23/h6-11,24-25H,2-5H2,1H3. The third-order valence-corrected chi connectivity index (χ3v) is 4.64. The molecular weight excluding hydrogens is 329 g/mol. The second-order valence-corrected chi connectivity index (χ2v) is 6.23. The molecule has 2 aromatic carbocycles. The van der Waals surface area contributed by atoms with Crippen LogP contribution in [-0.2, 0) is 12.6 Å². The molecule has 0 amide bonds. The minimum atomic E-state index is -4.54. The number of aryl methyl sites for hydroxylation is 1. The van der Waals surface area contributed by atoms with Crippen molar-refractivity contribution in [2.45, 2.75) is 38.8 Å². The van der Waals surface area contributed by atoms with Gasteiger partial charge in [0.2, 0.25) is 0 Å². The molecule has 1 aliphatic rings. The molecule has 132 valence electrons. The lowest BCUT2D eigenvalue weighted by Crippen LogP contribution is -2.09. The number of allylic oxidation sites excluding steroid dienone is 2. The van der Waals surface area contributed by atoms with Gasteiger partial charge in [0.1, 0.15) is 11.5 Å². The molecule has 0 fully saturated rings. The summed E-state index contributed by atoms with van der Waals surface area (Å²) in [6.45, 7) is 1.92. The van der Waals surface area contributed by atoms with Crippen LogP contribution in [0.3, 0.4) is 0 Å². The topological polar surface area (TPSA) is 40.5 Å². The molecule has 2 nitrogen and oxygen atoms in total. The predicted octanol–water partition coefficient (Wildman–Crippen LogP) is 5.77. The molecule has 0 bridgehead atoms. The van der Waals surface area contributed by atoms with Crippen LogP contribution in [-0.4, -0.2) is 10.2 Å². The molecule has 0 spiro atoms. The minimum Gasteiger partial charge on any atom is -0.508 e. The van der Waals surface area contributed by atoms with Gasteiger partial charge in [-0.15, -0.1) is 0 Å². The first-order valence-corrected chi connectivity index (χ1v) is 8.26. The lowest BCUT2D eigenvalue weighted by atomic mass is 9.88. The van der Waals surface area contributed by atoms with Crippen molar-refractivity contribution in [3.05, 3.63) is 58.7 Å². The number of aromatic hydroxyl groups is 2. The maximum Gasteiger partial charge on any atom is 0.417 e. The number of hydrogen-bond acceptors (Lipinski definition) is 2. The molecule has 0 saturated carbocycles. The van der Waals surface area contributed by atoms with Crippen LogP contribution in [0.1, 0.15) is 48.4 Å². The number of fused-ring (bicyclic) bond motifs is 1. The third kappa shape index (κ3) is 3.36. The first kappa shape index (κ1) is 17.4. The summed E-state index contributed by atoms with van der Waals surface area (Å²) >= 11 is 0. The minimum absolute atomic E-state index is 0.128. The van der Waals surface area contributed by atoms with E-state index in [1.807, 2.05) is 6.92 Å². The van der Waals surface area contributed by atoms with Crippen molar-refractivity contribution in [1.29, 1.82) is 0 Å². The Morgan fingerprint density at radius 2 is 1.56 bits per heavy atom. The Bertz CT molecular complexity index is 835. The SMILES string of the molecule is CCC1=C(c2ccc(O)cc2C(F)(F)F)CCCc2cc(O)ccc21. The summed E-state index contributed by atoms with van der Waals surface area (Å²) in [5.41, 5.74) is 2.70. The average molecular weight is 348 g/mol. The fourth-order valence-corrected chi connectivity index (χ4v) is 3.58. The van der Waals surface area contributed by atoms with E-state index >= 15 is 0 Å². The Morgan fingerprint density at radius 3 is 2.20 bits per heavy atom. The van der Waals surface area contributed by atoms with Crippen molar-refractivity contribution < 1.29 is 23.4 Å². The second-order valence-electron chi connectivity index (χ2n) is 6.23. The van der Waals surface area contributed by atoms with Gasteiger partial charge in [-0.25, -0.2) is 0 Å². The molecule has 0 atom stereocenters. The zero-order chi connectivity index (χ0) is 18.2. The van der Waals surface area contributed by atoms with Gasteiger partial charge < -0.3 is 10.2 Å². The summed E-state index contributed by atoms with van der Waals surface area (Å²) in [6.07, 6.45) is -2.02. The summed E-state index contributed by atoms with van der Waals surface area (Å²) in [7, 11) is 0. The number of halogens is 3. The van der Waals surface area contributed by atoms with Gasteiger partial charge in [0.25, 0.3) is 0 Å². The van der Waals surface area contributed by atoms with Crippen molar-refractivity contribution in [1.82, 2.24) is 0 Å². The van der Waals surface area contributed by atoms with Crippen LogP contribution >= 0.6 is 0 Å². The fraction of sp³-hybridized carbons (Fsp3) is 0.300. The molecule has 0 heterocycles. The summed E-state index contributed by atoms with van der Waals surface area (Å²) in [4.78, 5) is 0. The monoisotopic (exact) mass is 348 g/mol. The number of rotatable bonds is 2. The van der Waals surface area contributed by atoms with Crippen molar-refractivity contribution in [3.63, 3.8) is 0 Å². The highest BCUT2D eigenvalue weighted by Gasteiger charge is 2.35. The van der Waals surface area contributed by atoms with E-state index in [0.717, 1.165) is 22.8 Å². The van der Waals surface area contributed by atoms with Gasteiger partial charge >= 0.3 is 6.18 Å². The summed E-state index contributed by atoms with van der Waals surface area (Å²) in [5.74, 6) is -0.230. The van der Waals surface area contributed by atoms with Crippen molar-refractivity contribution in [3.8, 4) is 11.5 Å². The van der Waals surface area contributed by atoms with E-state index in [1.165, 1.54) is 12.1 Å². The Balaban J connectivity index is 2.27. The molecule has 2 N–H and O–H groups in total. The molecule has 0 radical (unpaired) electrons. The first-order chi connectivity index (χ1) is 11.8. The zero-order valence-electron chi connectivity index (χ0n) is 13.8. The smallest absolute Gasteiger partial charge is 0.417 e. The molecular formula is C20H19F3O2. The van der Waals surface area contributed by atoms with Crippen LogP contribution in [0.5, 0.6) is 11.5 Å². The molecule has 1 aliphatic carbocycles. The van der Waals surface area contributed by atoms with E-state index < -0.39 is 17.5 Å². The highest BCUT2D eigenvalue weighted by Crippen LogP contribution is 2.43.